The second kappa shape index (κ2) is 31.7. The van der Waals surface area contributed by atoms with Gasteiger partial charge in [0.1, 0.15) is 7.38 Å². The van der Waals surface area contributed by atoms with Crippen LogP contribution in [0, 0.1) is 62.2 Å². The monoisotopic (exact) mass is 1020 g/mol. The third-order valence-corrected chi connectivity index (χ3v) is 13.5. The Morgan fingerprint density at radius 1 is 0.473 bits per heavy atom. The van der Waals surface area contributed by atoms with Crippen LogP contribution in [0.5, 0.6) is 0 Å². The van der Waals surface area contributed by atoms with Gasteiger partial charge in [-0.25, -0.2) is 0 Å². The number of likely N-dealkylation sites (tertiary alicyclic amines) is 2. The van der Waals surface area contributed by atoms with Crippen molar-refractivity contribution < 1.29 is 44.4 Å². The Hall–Kier alpha value is 2.94. The Labute approximate surface area is 388 Å². The van der Waals surface area contributed by atoms with Gasteiger partial charge in [-0.05, 0) is 113 Å². The molecule has 8 aliphatic rings. The molecule has 0 aromatic rings. The van der Waals surface area contributed by atoms with E-state index in [0.717, 1.165) is 71.5 Å². The Morgan fingerprint density at radius 2 is 0.691 bits per heavy atom. The summed E-state index contributed by atoms with van der Waals surface area (Å²) in [4.78, 5) is 5.70. The van der Waals surface area contributed by atoms with Crippen molar-refractivity contribution in [3.05, 3.63) is 30.8 Å². The fraction of sp³-hybridized carbons (Fsp3) is 0.953. The van der Waals surface area contributed by atoms with E-state index < -0.39 is 25.6 Å². The second-order valence-corrected chi connectivity index (χ2v) is 36.9. The van der Waals surface area contributed by atoms with Crippen molar-refractivity contribution in [1.82, 2.24) is 9.80 Å². The van der Waals surface area contributed by atoms with Crippen molar-refractivity contribution in [2.45, 2.75) is 159 Å². The molecule has 8 fully saturated rings. The van der Waals surface area contributed by atoms with Crippen LogP contribution >= 0.6 is 36.6 Å². The summed E-state index contributed by atoms with van der Waals surface area (Å²) in [5.74, 6) is 8.77. The average Bonchev–Trinajstić information content (AvgIpc) is 3.81. The predicted octanol–water partition coefficient (Wildman–Crippen LogP) is 14.3. The quantitative estimate of drug-likeness (QED) is 0.138. The molecule has 0 radical (unpaired) electrons. The standard InChI is InChI=1S/2C16H27N.C3H9ClSi.3C2H6N.2CH3.3ClH.2Zr/c2*1-17-15-9-5-4-8-13(15)14-10-11-6-2-3-7-12(11)16(14)17;1-5(2,3)4;3*1-3-2;;;;;;;/h2*11-16H,2-10H2,1H3;1-3H3;3*1-2H3;2*1H3;3*1H;;/q;;;5*-1;;;;+3;+4/p-3. The van der Waals surface area contributed by atoms with Crippen molar-refractivity contribution >= 4 is 44.0 Å². The summed E-state index contributed by atoms with van der Waals surface area (Å²) in [7, 11) is 29.3. The Kier molecular flexibility index (Phi) is 34.6. The molecule has 12 atom stereocenters. The smallest absolute Gasteiger partial charge is 4.00 e. The van der Waals surface area contributed by atoms with Gasteiger partial charge in [-0.3, -0.25) is 9.80 Å². The van der Waals surface area contributed by atoms with Crippen LogP contribution in [0.1, 0.15) is 116 Å². The molecule has 0 aromatic carbocycles. The number of rotatable bonds is 0. The van der Waals surface area contributed by atoms with Gasteiger partial charge in [-0.2, -0.15) is 53.4 Å². The van der Waals surface area contributed by atoms with E-state index in [9.17, 15) is 0 Å². The Balaban J connectivity index is 0. The summed E-state index contributed by atoms with van der Waals surface area (Å²) in [6, 6.07) is 3.94. The molecule has 6 saturated carbocycles. The summed E-state index contributed by atoms with van der Waals surface area (Å²) in [5, 5.41) is 10.5. The summed E-state index contributed by atoms with van der Waals surface area (Å²) in [5.41, 5.74) is 0. The number of fused-ring (bicyclic) bond motifs is 10. The van der Waals surface area contributed by atoms with E-state index in [1.54, 1.807) is 93.7 Å². The first kappa shape index (κ1) is 60.0. The van der Waals surface area contributed by atoms with E-state index in [1.165, 1.54) is 64.2 Å². The van der Waals surface area contributed by atoms with Gasteiger partial charge >= 0.3 is 69.9 Å². The summed E-state index contributed by atoms with van der Waals surface area (Å²) in [6.45, 7) is 6.28. The molecule has 12 heteroatoms. The van der Waals surface area contributed by atoms with Crippen molar-refractivity contribution in [1.29, 1.82) is 0 Å². The average molecular weight is 1030 g/mol. The van der Waals surface area contributed by atoms with Crippen LogP contribution in [-0.4, -0.2) is 97.7 Å². The van der Waals surface area contributed by atoms with E-state index in [0.29, 0.717) is 0 Å². The molecule has 0 aromatic heterocycles. The Bertz CT molecular complexity index is 862. The molecule has 0 N–H and O–H groups in total. The molecule has 5 nitrogen and oxygen atoms in total. The van der Waals surface area contributed by atoms with Gasteiger partial charge < -0.3 is 30.8 Å². The molecule has 2 aliphatic heterocycles. The maximum Gasteiger partial charge on any atom is 4.00 e. The number of hydrogen-bond donors (Lipinski definition) is 0. The molecule has 325 valence electrons. The molecule has 0 amide bonds. The predicted molar refractivity (Wildman–Crippen MR) is 247 cm³/mol. The Morgan fingerprint density at radius 3 is 0.964 bits per heavy atom. The van der Waals surface area contributed by atoms with Gasteiger partial charge in [-0.1, -0.05) is 83.8 Å². The van der Waals surface area contributed by atoms with Crippen LogP contribution in [0.25, 0.3) is 16.0 Å². The van der Waals surface area contributed by atoms with E-state index in [4.69, 9.17) is 36.6 Å². The SMILES string of the molecule is CN1C2CCCCC2C2CC3CCCCC3C21.CN1C2CCCCC2C2CC3CCCCC3C21.C[N-]C.C[N-]C.C[N-]C.C[Si](C)(C)Cl.[CH3-].[CH3-].[Cl][Zr]([Cl])[Cl].[Zr+4]. The van der Waals surface area contributed by atoms with Crippen molar-refractivity contribution in [3.63, 3.8) is 0 Å². The van der Waals surface area contributed by atoms with Crippen LogP contribution in [-0.2, 0) is 44.4 Å². The first-order chi connectivity index (χ1) is 24.7. The van der Waals surface area contributed by atoms with E-state index in [1.807, 2.05) is 0 Å². The first-order valence-electron chi connectivity index (χ1n) is 21.1. The molecule has 2 heterocycles. The van der Waals surface area contributed by atoms with Gasteiger partial charge in [-0.15, -0.1) is 0 Å². The van der Waals surface area contributed by atoms with Gasteiger partial charge in [0.05, 0.1) is 0 Å². The number of hydrogen-bond acceptors (Lipinski definition) is 2. The molecular formula is C43H87Cl4N5SiZr2-. The molecule has 6 aliphatic carbocycles. The van der Waals surface area contributed by atoms with Crippen molar-refractivity contribution in [2.75, 3.05) is 56.4 Å². The molecular weight excluding hydrogens is 939 g/mol. The second-order valence-electron chi connectivity index (χ2n) is 18.2. The topological polar surface area (TPSA) is 48.8 Å². The van der Waals surface area contributed by atoms with Crippen LogP contribution in [0.15, 0.2) is 0 Å². The van der Waals surface area contributed by atoms with E-state index >= 15 is 0 Å². The molecule has 2 saturated heterocycles. The number of halogens is 4. The fourth-order valence-corrected chi connectivity index (χ4v) is 12.4. The molecule has 0 bridgehead atoms. The number of nitrogens with zero attached hydrogens (tertiary/aromatic N) is 5. The minimum Gasteiger partial charge on any atom is 4.00 e. The molecule has 55 heavy (non-hydrogen) atoms. The zero-order chi connectivity index (χ0) is 39.0. The molecule has 0 spiro atoms. The molecule has 8 rings (SSSR count). The minimum atomic E-state index is -2.13. The van der Waals surface area contributed by atoms with Crippen LogP contribution in [0.2, 0.25) is 19.6 Å². The van der Waals surface area contributed by atoms with Crippen LogP contribution < -0.4 is 0 Å². The zero-order valence-corrected chi connectivity index (χ0v) is 46.8. The van der Waals surface area contributed by atoms with Crippen LogP contribution in [0.4, 0.5) is 0 Å². The fourth-order valence-electron chi connectivity index (χ4n) is 12.4. The summed E-state index contributed by atoms with van der Waals surface area (Å²) >= 11 is 3.54. The van der Waals surface area contributed by atoms with Crippen molar-refractivity contribution in [2.24, 2.45) is 47.3 Å². The maximum absolute atomic E-state index is 5.67. The minimum absolute atomic E-state index is 0. The third kappa shape index (κ3) is 19.1. The van der Waals surface area contributed by atoms with Gasteiger partial charge in [0.15, 0.2) is 0 Å². The van der Waals surface area contributed by atoms with Crippen molar-refractivity contribution in [3.8, 4) is 0 Å². The summed E-state index contributed by atoms with van der Waals surface area (Å²) in [6.07, 6.45) is 27.7. The van der Waals surface area contributed by atoms with Gasteiger partial charge in [0, 0.05) is 24.2 Å². The van der Waals surface area contributed by atoms with E-state index in [2.05, 4.69) is 59.5 Å². The van der Waals surface area contributed by atoms with Gasteiger partial charge in [0.25, 0.3) is 0 Å². The van der Waals surface area contributed by atoms with Gasteiger partial charge in [0.2, 0.25) is 0 Å². The normalized spacial score (nSPS) is 36.1. The molecule has 12 unspecified atom stereocenters. The third-order valence-electron chi connectivity index (χ3n) is 13.5. The van der Waals surface area contributed by atoms with Crippen LogP contribution in [0.3, 0.4) is 0 Å². The summed E-state index contributed by atoms with van der Waals surface area (Å²) < 4.78 is 0. The van der Waals surface area contributed by atoms with E-state index in [-0.39, 0.29) is 41.1 Å². The largest absolute Gasteiger partial charge is 4.00 e. The zero-order valence-electron chi connectivity index (χ0n) is 37.9. The maximum atomic E-state index is 5.67. The first-order valence-corrected chi connectivity index (χ1v) is 35.1.